The molecule has 2 heterocycles. The van der Waals surface area contributed by atoms with Crippen molar-refractivity contribution in [2.75, 3.05) is 38.2 Å². The Hall–Kier alpha value is -1.05. The molecule has 0 aromatic carbocycles. The van der Waals surface area contributed by atoms with Crippen LogP contribution in [0.15, 0.2) is 0 Å². The van der Waals surface area contributed by atoms with Crippen LogP contribution in [0.3, 0.4) is 0 Å². The highest BCUT2D eigenvalue weighted by Crippen LogP contribution is 2.12. The summed E-state index contributed by atoms with van der Waals surface area (Å²) in [6.07, 6.45) is 0. The molecule has 0 radical (unpaired) electrons. The second-order valence-corrected chi connectivity index (χ2v) is 4.90. The third kappa shape index (κ3) is 3.22. The summed E-state index contributed by atoms with van der Waals surface area (Å²) in [6.45, 7) is 5.59. The summed E-state index contributed by atoms with van der Waals surface area (Å²) in [5, 5.41) is 11.9. The van der Waals surface area contributed by atoms with Crippen molar-refractivity contribution in [3.63, 3.8) is 0 Å². The van der Waals surface area contributed by atoms with E-state index in [-0.39, 0.29) is 5.91 Å². The van der Waals surface area contributed by atoms with Crippen molar-refractivity contribution in [3.8, 4) is 0 Å². The van der Waals surface area contributed by atoms with Crippen LogP contribution >= 0.6 is 11.3 Å². The van der Waals surface area contributed by atoms with Crippen molar-refractivity contribution < 1.29 is 14.4 Å². The molecule has 1 amide bonds. The lowest BCUT2D eigenvalue weighted by molar-refractivity contribution is -0.899. The molecule has 88 valence electrons. The van der Waals surface area contributed by atoms with E-state index < -0.39 is 0 Å². The number of nitrogens with zero attached hydrogens (tertiary/aromatic N) is 2. The smallest absolute Gasteiger partial charge is 0.281 e. The van der Waals surface area contributed by atoms with Gasteiger partial charge in [0.05, 0.1) is 13.2 Å². The lowest BCUT2D eigenvalue weighted by atomic mass is 10.4. The molecule has 0 atom stereocenters. The number of ether oxygens (including phenoxy) is 1. The van der Waals surface area contributed by atoms with Crippen molar-refractivity contribution in [1.82, 2.24) is 10.2 Å². The monoisotopic (exact) mass is 243 g/mol. The van der Waals surface area contributed by atoms with Crippen molar-refractivity contribution in [2.45, 2.75) is 6.92 Å². The van der Waals surface area contributed by atoms with Gasteiger partial charge in [-0.15, -0.1) is 10.2 Å². The molecule has 0 bridgehead atoms. The average molecular weight is 243 g/mol. The number of nitrogens with one attached hydrogen (secondary N) is 2. The number of aromatic nitrogens is 2. The zero-order valence-corrected chi connectivity index (χ0v) is 9.97. The number of aryl methyl sites for hydroxylation is 1. The third-order valence-electron chi connectivity index (χ3n) is 2.38. The first-order valence-electron chi connectivity index (χ1n) is 5.25. The van der Waals surface area contributed by atoms with E-state index in [9.17, 15) is 4.79 Å². The molecule has 7 heteroatoms. The number of morpholine rings is 1. The largest absolute Gasteiger partial charge is 0.370 e. The molecule has 1 aliphatic heterocycles. The Bertz CT molecular complexity index is 362. The lowest BCUT2D eigenvalue weighted by Crippen LogP contribution is -3.15. The Kier molecular flexibility index (Phi) is 3.81. The van der Waals surface area contributed by atoms with Crippen LogP contribution in [0.1, 0.15) is 5.01 Å². The van der Waals surface area contributed by atoms with E-state index in [0.717, 1.165) is 31.3 Å². The van der Waals surface area contributed by atoms with E-state index in [4.69, 9.17) is 4.74 Å². The van der Waals surface area contributed by atoms with Gasteiger partial charge >= 0.3 is 0 Å². The van der Waals surface area contributed by atoms with Crippen LogP contribution < -0.4 is 10.2 Å². The molecule has 1 aromatic heterocycles. The quantitative estimate of drug-likeness (QED) is 0.692. The number of anilines is 1. The molecule has 16 heavy (non-hydrogen) atoms. The van der Waals surface area contributed by atoms with Crippen LogP contribution in [0.2, 0.25) is 0 Å². The number of hydrogen-bond donors (Lipinski definition) is 2. The number of rotatable bonds is 3. The molecule has 6 nitrogen and oxygen atoms in total. The van der Waals surface area contributed by atoms with Crippen molar-refractivity contribution in [1.29, 1.82) is 0 Å². The SMILES string of the molecule is Cc1nnc(NC(=O)C[NH+]2CCOCC2)s1. The second-order valence-electron chi connectivity index (χ2n) is 3.71. The minimum atomic E-state index is -0.00644. The van der Waals surface area contributed by atoms with Gasteiger partial charge in [-0.05, 0) is 6.92 Å². The van der Waals surface area contributed by atoms with E-state index in [1.165, 1.54) is 16.2 Å². The number of amides is 1. The molecule has 0 unspecified atom stereocenters. The van der Waals surface area contributed by atoms with Gasteiger partial charge in [0.2, 0.25) is 5.13 Å². The van der Waals surface area contributed by atoms with E-state index in [1.54, 1.807) is 0 Å². The topological polar surface area (TPSA) is 68.5 Å². The Morgan fingerprint density at radius 2 is 2.25 bits per heavy atom. The van der Waals surface area contributed by atoms with Crippen LogP contribution in [0.25, 0.3) is 0 Å². The number of quaternary nitrogens is 1. The summed E-state index contributed by atoms with van der Waals surface area (Å²) in [5.74, 6) is -0.00644. The van der Waals surface area contributed by atoms with Gasteiger partial charge in [-0.3, -0.25) is 10.1 Å². The van der Waals surface area contributed by atoms with Gasteiger partial charge in [-0.1, -0.05) is 11.3 Å². The lowest BCUT2D eigenvalue weighted by Gasteiger charge is -2.22. The predicted molar refractivity (Wildman–Crippen MR) is 59.7 cm³/mol. The highest BCUT2D eigenvalue weighted by atomic mass is 32.1. The maximum absolute atomic E-state index is 11.7. The normalized spacial score (nSPS) is 17.3. The van der Waals surface area contributed by atoms with Gasteiger partial charge < -0.3 is 9.64 Å². The first-order valence-corrected chi connectivity index (χ1v) is 6.07. The van der Waals surface area contributed by atoms with Crippen molar-refractivity contribution in [3.05, 3.63) is 5.01 Å². The predicted octanol–water partition coefficient (Wildman–Crippen LogP) is -1.30. The first kappa shape index (κ1) is 11.4. The molecule has 2 rings (SSSR count). The molecule has 1 fully saturated rings. The zero-order valence-electron chi connectivity index (χ0n) is 9.15. The van der Waals surface area contributed by atoms with Crippen LogP contribution in [-0.2, 0) is 9.53 Å². The van der Waals surface area contributed by atoms with E-state index >= 15 is 0 Å². The summed E-state index contributed by atoms with van der Waals surface area (Å²) in [7, 11) is 0. The minimum absolute atomic E-state index is 0.00644. The molecular weight excluding hydrogens is 228 g/mol. The molecule has 0 spiro atoms. The van der Waals surface area contributed by atoms with E-state index in [2.05, 4.69) is 15.5 Å². The van der Waals surface area contributed by atoms with E-state index in [0.29, 0.717) is 11.7 Å². The highest BCUT2D eigenvalue weighted by Gasteiger charge is 2.18. The van der Waals surface area contributed by atoms with Gasteiger partial charge in [0.15, 0.2) is 6.54 Å². The van der Waals surface area contributed by atoms with E-state index in [1.807, 2.05) is 6.92 Å². The van der Waals surface area contributed by atoms with Gasteiger partial charge in [0, 0.05) is 0 Å². The molecular formula is C9H15N4O2S+. The Labute approximate surface area is 97.6 Å². The van der Waals surface area contributed by atoms with Gasteiger partial charge in [0.1, 0.15) is 18.1 Å². The summed E-state index contributed by atoms with van der Waals surface area (Å²) >= 11 is 1.39. The van der Waals surface area contributed by atoms with Crippen LogP contribution in [0, 0.1) is 6.92 Å². The van der Waals surface area contributed by atoms with Crippen LogP contribution in [0.4, 0.5) is 5.13 Å². The standard InChI is InChI=1S/C9H14N4O2S/c1-7-11-12-9(16-7)10-8(14)6-13-2-4-15-5-3-13/h2-6H2,1H3,(H,10,12,14)/p+1. The Balaban J connectivity index is 1.79. The molecule has 2 N–H and O–H groups in total. The van der Waals surface area contributed by atoms with Crippen LogP contribution in [-0.4, -0.2) is 49.0 Å². The summed E-state index contributed by atoms with van der Waals surface area (Å²) < 4.78 is 5.23. The summed E-state index contributed by atoms with van der Waals surface area (Å²) in [6, 6.07) is 0. The fourth-order valence-electron chi connectivity index (χ4n) is 1.57. The minimum Gasteiger partial charge on any atom is -0.370 e. The fraction of sp³-hybridized carbons (Fsp3) is 0.667. The number of carbonyl (C=O) groups is 1. The Morgan fingerprint density at radius 1 is 1.50 bits per heavy atom. The third-order valence-corrected chi connectivity index (χ3v) is 3.14. The molecule has 1 aromatic rings. The van der Waals surface area contributed by atoms with Gasteiger partial charge in [-0.2, -0.15) is 0 Å². The Morgan fingerprint density at radius 3 is 2.88 bits per heavy atom. The molecule has 0 saturated carbocycles. The van der Waals surface area contributed by atoms with Gasteiger partial charge in [-0.25, -0.2) is 0 Å². The summed E-state index contributed by atoms with van der Waals surface area (Å²) in [5.41, 5.74) is 0. The maximum Gasteiger partial charge on any atom is 0.281 e. The number of hydrogen-bond acceptors (Lipinski definition) is 5. The number of carbonyl (C=O) groups excluding carboxylic acids is 1. The molecule has 1 saturated heterocycles. The molecule has 1 aliphatic rings. The highest BCUT2D eigenvalue weighted by molar-refractivity contribution is 7.15. The van der Waals surface area contributed by atoms with Crippen molar-refractivity contribution in [2.24, 2.45) is 0 Å². The molecule has 0 aliphatic carbocycles. The zero-order chi connectivity index (χ0) is 11.4. The maximum atomic E-state index is 11.7. The summed E-state index contributed by atoms with van der Waals surface area (Å²) in [4.78, 5) is 12.9. The second kappa shape index (κ2) is 5.33. The average Bonchev–Trinajstić information content (AvgIpc) is 2.65. The van der Waals surface area contributed by atoms with Gasteiger partial charge in [0.25, 0.3) is 5.91 Å². The first-order chi connectivity index (χ1) is 7.74. The fourth-order valence-corrected chi connectivity index (χ4v) is 2.18. The van der Waals surface area contributed by atoms with Crippen LogP contribution in [0.5, 0.6) is 0 Å². The van der Waals surface area contributed by atoms with Crippen molar-refractivity contribution >= 4 is 22.4 Å².